The van der Waals surface area contributed by atoms with Gasteiger partial charge in [-0.2, -0.15) is 5.10 Å². The summed E-state index contributed by atoms with van der Waals surface area (Å²) in [7, 11) is 1.81. The van der Waals surface area contributed by atoms with Crippen LogP contribution in [-0.4, -0.2) is 88.8 Å². The normalized spacial score (nSPS) is 29.1. The zero-order valence-corrected chi connectivity index (χ0v) is 17.6. The summed E-state index contributed by atoms with van der Waals surface area (Å²) < 4.78 is 14.1. The molecule has 1 N–H and O–H groups in total. The summed E-state index contributed by atoms with van der Waals surface area (Å²) >= 11 is 3.56. The number of hydrazone groups is 1. The van der Waals surface area contributed by atoms with Crippen molar-refractivity contribution in [3.05, 3.63) is 24.1 Å². The molecule has 0 amide bonds. The lowest BCUT2D eigenvalue weighted by Crippen LogP contribution is -2.54. The van der Waals surface area contributed by atoms with Gasteiger partial charge in [-0.05, 0) is 47.8 Å². The smallest absolute Gasteiger partial charge is 0.126 e. The van der Waals surface area contributed by atoms with Gasteiger partial charge in [0.15, 0.2) is 0 Å². The van der Waals surface area contributed by atoms with Gasteiger partial charge in [-0.3, -0.25) is 19.8 Å². The number of hydrogen-bond donors (Lipinski definition) is 1. The fourth-order valence-electron chi connectivity index (χ4n) is 3.82. The Kier molecular flexibility index (Phi) is 7.19. The van der Waals surface area contributed by atoms with Crippen molar-refractivity contribution < 1.29 is 9.50 Å². The molecule has 0 radical (unpaired) electrons. The Morgan fingerprint density at radius 3 is 2.78 bits per heavy atom. The van der Waals surface area contributed by atoms with Gasteiger partial charge in [0.25, 0.3) is 0 Å². The second-order valence-electron chi connectivity index (χ2n) is 7.46. The van der Waals surface area contributed by atoms with Gasteiger partial charge in [0.2, 0.25) is 0 Å². The van der Waals surface area contributed by atoms with E-state index >= 15 is 0 Å². The fraction of sp³-hybridized carbons (Fsp3) is 0.684. The lowest BCUT2D eigenvalue weighted by molar-refractivity contribution is -0.0459. The predicted octanol–water partition coefficient (Wildman–Crippen LogP) is 2.23. The van der Waals surface area contributed by atoms with Crippen molar-refractivity contribution in [1.29, 1.82) is 0 Å². The Hall–Kier alpha value is -1.09. The SMILES string of the molecule is CN=C(C)CC1CN(CC(O)N2CCN(C3C=CC(F)=CC3)CC2)N=C1Br. The second kappa shape index (κ2) is 9.41. The van der Waals surface area contributed by atoms with E-state index in [-0.39, 0.29) is 11.9 Å². The summed E-state index contributed by atoms with van der Waals surface area (Å²) in [4.78, 5) is 8.69. The zero-order chi connectivity index (χ0) is 19.4. The van der Waals surface area contributed by atoms with E-state index in [1.54, 1.807) is 12.2 Å². The average Bonchev–Trinajstić information content (AvgIpc) is 3.01. The molecule has 3 aliphatic rings. The lowest BCUT2D eigenvalue weighted by atomic mass is 10.0. The van der Waals surface area contributed by atoms with Crippen LogP contribution in [0.2, 0.25) is 0 Å². The van der Waals surface area contributed by atoms with Crippen LogP contribution >= 0.6 is 15.9 Å². The molecule has 150 valence electrons. The first-order valence-corrected chi connectivity index (χ1v) is 10.4. The van der Waals surface area contributed by atoms with Crippen LogP contribution < -0.4 is 0 Å². The molecular weight excluding hydrogens is 413 g/mol. The summed E-state index contributed by atoms with van der Waals surface area (Å²) in [5.74, 6) is 0.167. The molecule has 3 unspecified atom stereocenters. The number of nitrogens with zero attached hydrogens (tertiary/aromatic N) is 5. The molecule has 6 nitrogen and oxygen atoms in total. The summed E-state index contributed by atoms with van der Waals surface area (Å²) in [5.41, 5.74) is 1.11. The van der Waals surface area contributed by atoms with Crippen LogP contribution in [0, 0.1) is 5.92 Å². The average molecular weight is 442 g/mol. The van der Waals surface area contributed by atoms with Gasteiger partial charge in [-0.25, -0.2) is 4.39 Å². The maximum atomic E-state index is 13.1. The number of aliphatic hydroxyl groups excluding tert-OH is 1. The first-order valence-electron chi connectivity index (χ1n) is 9.57. The predicted molar refractivity (Wildman–Crippen MR) is 111 cm³/mol. The molecule has 27 heavy (non-hydrogen) atoms. The molecule has 2 heterocycles. The largest absolute Gasteiger partial charge is 0.376 e. The molecule has 0 bridgehead atoms. The quantitative estimate of drug-likeness (QED) is 0.642. The van der Waals surface area contributed by atoms with Gasteiger partial charge in [0, 0.05) is 57.4 Å². The number of rotatable bonds is 6. The van der Waals surface area contributed by atoms with Crippen LogP contribution in [0.4, 0.5) is 4.39 Å². The van der Waals surface area contributed by atoms with Gasteiger partial charge in [-0.1, -0.05) is 6.08 Å². The number of aliphatic hydroxyl groups is 1. The summed E-state index contributed by atoms with van der Waals surface area (Å²) in [6, 6.07) is 0.271. The van der Waals surface area contributed by atoms with Crippen LogP contribution in [0.25, 0.3) is 0 Å². The minimum Gasteiger partial charge on any atom is -0.376 e. The lowest BCUT2D eigenvalue weighted by Gasteiger charge is -2.40. The van der Waals surface area contributed by atoms with Crippen molar-refractivity contribution in [1.82, 2.24) is 14.8 Å². The van der Waals surface area contributed by atoms with Crippen LogP contribution in [-0.2, 0) is 0 Å². The first kappa shape index (κ1) is 20.6. The van der Waals surface area contributed by atoms with Crippen molar-refractivity contribution in [2.24, 2.45) is 16.0 Å². The number of β-amino-alcohol motifs (C(OH)–C–C–N with tert-alkyl or cyclic N) is 1. The highest BCUT2D eigenvalue weighted by molar-refractivity contribution is 9.18. The number of piperazine rings is 1. The van der Waals surface area contributed by atoms with E-state index in [0.29, 0.717) is 12.5 Å². The van der Waals surface area contributed by atoms with Crippen LogP contribution in [0.5, 0.6) is 0 Å². The monoisotopic (exact) mass is 441 g/mol. The third-order valence-electron chi connectivity index (χ3n) is 5.57. The highest BCUT2D eigenvalue weighted by Gasteiger charge is 2.30. The van der Waals surface area contributed by atoms with E-state index in [4.69, 9.17) is 0 Å². The van der Waals surface area contributed by atoms with Crippen molar-refractivity contribution >= 4 is 26.3 Å². The molecule has 0 aromatic rings. The second-order valence-corrected chi connectivity index (χ2v) is 8.27. The Morgan fingerprint density at radius 2 is 2.15 bits per heavy atom. The molecule has 3 rings (SSSR count). The van der Waals surface area contributed by atoms with E-state index in [2.05, 4.69) is 35.8 Å². The molecule has 1 fully saturated rings. The van der Waals surface area contributed by atoms with Gasteiger partial charge in [-0.15, -0.1) is 0 Å². The molecule has 0 saturated carbocycles. The number of hydrogen-bond acceptors (Lipinski definition) is 6. The molecule has 8 heteroatoms. The molecule has 1 aliphatic carbocycles. The molecule has 0 aromatic carbocycles. The van der Waals surface area contributed by atoms with Crippen molar-refractivity contribution in [3.8, 4) is 0 Å². The number of allylic oxidation sites excluding steroid dienone is 2. The summed E-state index contributed by atoms with van der Waals surface area (Å²) in [5, 5.41) is 17.2. The van der Waals surface area contributed by atoms with Gasteiger partial charge >= 0.3 is 0 Å². The Balaban J connectivity index is 1.44. The van der Waals surface area contributed by atoms with E-state index in [1.165, 1.54) is 0 Å². The minimum atomic E-state index is -0.532. The number of aliphatic imine (C=N–C) groups is 1. The first-order chi connectivity index (χ1) is 13.0. The Labute approximate surface area is 169 Å². The number of halogens is 2. The molecule has 2 aliphatic heterocycles. The molecule has 3 atom stereocenters. The summed E-state index contributed by atoms with van der Waals surface area (Å²) in [6.45, 7) is 6.71. The standard InChI is InChI=1S/C19H29BrFN5O/c1-14(22-2)11-15-12-26(23-19(15)20)13-18(27)25-9-7-24(8-10-25)17-5-3-16(21)4-6-17/h3-5,15,17-18,27H,6-13H2,1-2H3. The molecule has 0 aromatic heterocycles. The summed E-state index contributed by atoms with van der Waals surface area (Å²) in [6.07, 6.45) is 6.23. The molecule has 0 spiro atoms. The van der Waals surface area contributed by atoms with Crippen molar-refractivity contribution in [3.63, 3.8) is 0 Å². The third-order valence-corrected chi connectivity index (χ3v) is 6.38. The highest BCUT2D eigenvalue weighted by Crippen LogP contribution is 2.23. The minimum absolute atomic E-state index is 0.142. The van der Waals surface area contributed by atoms with Crippen molar-refractivity contribution in [2.45, 2.75) is 32.0 Å². The maximum absolute atomic E-state index is 13.1. The fourth-order valence-corrected chi connectivity index (χ4v) is 4.36. The Bertz CT molecular complexity index is 642. The highest BCUT2D eigenvalue weighted by atomic mass is 79.9. The van der Waals surface area contributed by atoms with Crippen LogP contribution in [0.1, 0.15) is 19.8 Å². The topological polar surface area (TPSA) is 54.7 Å². The van der Waals surface area contributed by atoms with Crippen LogP contribution in [0.3, 0.4) is 0 Å². The third kappa shape index (κ3) is 5.47. The van der Waals surface area contributed by atoms with E-state index < -0.39 is 6.23 Å². The van der Waals surface area contributed by atoms with Crippen molar-refractivity contribution in [2.75, 3.05) is 46.3 Å². The Morgan fingerprint density at radius 1 is 1.41 bits per heavy atom. The molecule has 1 saturated heterocycles. The maximum Gasteiger partial charge on any atom is 0.126 e. The molecular formula is C19H29BrFN5O. The zero-order valence-electron chi connectivity index (χ0n) is 16.1. The van der Waals surface area contributed by atoms with E-state index in [9.17, 15) is 9.50 Å². The van der Waals surface area contributed by atoms with Gasteiger partial charge in [0.1, 0.15) is 16.7 Å². The van der Waals surface area contributed by atoms with Crippen LogP contribution in [0.15, 0.2) is 34.1 Å². The van der Waals surface area contributed by atoms with Gasteiger partial charge in [0.05, 0.1) is 6.54 Å². The van der Waals surface area contributed by atoms with Gasteiger partial charge < -0.3 is 5.11 Å². The van der Waals surface area contributed by atoms with E-state index in [0.717, 1.165) is 55.9 Å². The van der Waals surface area contributed by atoms with E-state index in [1.807, 2.05) is 25.1 Å².